The third-order valence-corrected chi connectivity index (χ3v) is 3.72. The maximum Gasteiger partial charge on any atom is 0.443 e. The number of ether oxygens (including phenoxy) is 1. The Labute approximate surface area is 123 Å². The number of Topliss-reactive ketones (excluding diaryl/α,β-unsaturated/α-hetero) is 1. The second-order valence-electron chi connectivity index (χ2n) is 4.14. The van der Waals surface area contributed by atoms with Crippen LogP contribution in [0.2, 0.25) is 0 Å². The summed E-state index contributed by atoms with van der Waals surface area (Å²) in [6.07, 6.45) is -4.51. The van der Waals surface area contributed by atoms with E-state index in [0.29, 0.717) is 16.9 Å². The van der Waals surface area contributed by atoms with E-state index in [1.165, 1.54) is 0 Å². The number of hydrogen-bond donors (Lipinski definition) is 0. The molecular formula is C14H12F3NO2S. The molecule has 1 aromatic heterocycles. The van der Waals surface area contributed by atoms with Gasteiger partial charge in [-0.05, 0) is 12.5 Å². The second-order valence-corrected chi connectivity index (χ2v) is 5.17. The number of carbonyl (C=O) groups excluding carboxylic acids is 1. The number of carbonyl (C=O) groups is 1. The van der Waals surface area contributed by atoms with Crippen LogP contribution in [0.25, 0.3) is 0 Å². The number of hydrogen-bond acceptors (Lipinski definition) is 4. The van der Waals surface area contributed by atoms with Gasteiger partial charge in [0.1, 0.15) is 6.10 Å². The molecule has 1 heterocycles. The van der Waals surface area contributed by atoms with E-state index in [-0.39, 0.29) is 11.5 Å². The molecular weight excluding hydrogens is 303 g/mol. The molecule has 0 bridgehead atoms. The lowest BCUT2D eigenvalue weighted by Gasteiger charge is -2.15. The number of aromatic nitrogens is 1. The third-order valence-electron chi connectivity index (χ3n) is 2.66. The summed E-state index contributed by atoms with van der Waals surface area (Å²) in [6, 6.07) is 8.66. The lowest BCUT2D eigenvalue weighted by molar-refractivity contribution is -0.137. The Morgan fingerprint density at radius 3 is 2.52 bits per heavy atom. The van der Waals surface area contributed by atoms with Crippen molar-refractivity contribution in [3.63, 3.8) is 0 Å². The fourth-order valence-corrected chi connectivity index (χ4v) is 2.51. The molecule has 0 saturated carbocycles. The first kappa shape index (κ1) is 15.7. The van der Waals surface area contributed by atoms with E-state index in [2.05, 4.69) is 4.98 Å². The van der Waals surface area contributed by atoms with Crippen LogP contribution in [0.1, 0.15) is 33.3 Å². The molecule has 0 N–H and O–H groups in total. The van der Waals surface area contributed by atoms with Crippen LogP contribution in [0.5, 0.6) is 0 Å². The van der Waals surface area contributed by atoms with Crippen LogP contribution in [-0.4, -0.2) is 17.4 Å². The summed E-state index contributed by atoms with van der Waals surface area (Å²) in [7, 11) is 0. The van der Waals surface area contributed by atoms with Crippen molar-refractivity contribution >= 4 is 17.1 Å². The van der Waals surface area contributed by atoms with Gasteiger partial charge < -0.3 is 4.74 Å². The molecule has 0 spiro atoms. The van der Waals surface area contributed by atoms with Gasteiger partial charge in [0.05, 0.1) is 4.88 Å². The quantitative estimate of drug-likeness (QED) is 0.779. The summed E-state index contributed by atoms with van der Waals surface area (Å²) < 4.78 is 43.0. The molecule has 0 saturated heterocycles. The fraction of sp³-hybridized carbons (Fsp3) is 0.286. The molecule has 1 atom stereocenters. The van der Waals surface area contributed by atoms with E-state index in [9.17, 15) is 18.0 Å². The van der Waals surface area contributed by atoms with E-state index >= 15 is 0 Å². The summed E-state index contributed by atoms with van der Waals surface area (Å²) in [4.78, 5) is 15.6. The maximum absolute atomic E-state index is 12.5. The highest BCUT2D eigenvalue weighted by Gasteiger charge is 2.36. The molecule has 0 aliphatic heterocycles. The predicted octanol–water partition coefficient (Wildman–Crippen LogP) is 4.12. The molecule has 1 aromatic carbocycles. The predicted molar refractivity (Wildman–Crippen MR) is 72.3 cm³/mol. The Bertz CT molecular complexity index is 610. The first-order valence-corrected chi connectivity index (χ1v) is 6.99. The van der Waals surface area contributed by atoms with E-state index < -0.39 is 23.1 Å². The van der Waals surface area contributed by atoms with Crippen molar-refractivity contribution in [2.24, 2.45) is 0 Å². The standard InChI is InChI=1S/C14H12F3NO2S/c1-2-20-12(9-6-4-3-5-7-9)11(19)10-8-18-13(21-10)14(15,16)17/h3-8,12H,2H2,1H3. The van der Waals surface area contributed by atoms with Crippen molar-refractivity contribution in [1.29, 1.82) is 0 Å². The molecule has 3 nitrogen and oxygen atoms in total. The zero-order valence-corrected chi connectivity index (χ0v) is 11.9. The zero-order valence-electron chi connectivity index (χ0n) is 11.1. The molecule has 0 aliphatic rings. The monoisotopic (exact) mass is 315 g/mol. The molecule has 2 aromatic rings. The van der Waals surface area contributed by atoms with Gasteiger partial charge in [-0.25, -0.2) is 4.98 Å². The number of ketones is 1. The van der Waals surface area contributed by atoms with E-state index in [4.69, 9.17) is 4.74 Å². The normalized spacial score (nSPS) is 13.1. The molecule has 7 heteroatoms. The van der Waals surface area contributed by atoms with Crippen molar-refractivity contribution in [3.05, 3.63) is 52.0 Å². The van der Waals surface area contributed by atoms with Gasteiger partial charge in [0.15, 0.2) is 5.01 Å². The molecule has 0 aliphatic carbocycles. The minimum absolute atomic E-state index is 0.0652. The van der Waals surface area contributed by atoms with Gasteiger partial charge in [-0.1, -0.05) is 30.3 Å². The van der Waals surface area contributed by atoms with Crippen LogP contribution in [0.15, 0.2) is 36.5 Å². The number of rotatable bonds is 5. The van der Waals surface area contributed by atoms with Gasteiger partial charge in [0.2, 0.25) is 5.78 Å². The Balaban J connectivity index is 2.29. The highest BCUT2D eigenvalue weighted by Crippen LogP contribution is 2.34. The van der Waals surface area contributed by atoms with Crippen molar-refractivity contribution < 1.29 is 22.7 Å². The largest absolute Gasteiger partial charge is 0.443 e. The van der Waals surface area contributed by atoms with Gasteiger partial charge in [0, 0.05) is 12.8 Å². The van der Waals surface area contributed by atoms with Crippen molar-refractivity contribution in [1.82, 2.24) is 4.98 Å². The molecule has 21 heavy (non-hydrogen) atoms. The summed E-state index contributed by atoms with van der Waals surface area (Å²) in [6.45, 7) is 1.99. The Morgan fingerprint density at radius 1 is 1.33 bits per heavy atom. The van der Waals surface area contributed by atoms with Gasteiger partial charge in [-0.15, -0.1) is 11.3 Å². The van der Waals surface area contributed by atoms with Crippen LogP contribution in [0, 0.1) is 0 Å². The Kier molecular flexibility index (Phi) is 4.74. The average molecular weight is 315 g/mol. The average Bonchev–Trinajstić information content (AvgIpc) is 2.95. The van der Waals surface area contributed by atoms with Gasteiger partial charge in [-0.2, -0.15) is 13.2 Å². The lowest BCUT2D eigenvalue weighted by Crippen LogP contribution is -2.15. The fourth-order valence-electron chi connectivity index (χ4n) is 1.77. The van der Waals surface area contributed by atoms with E-state index in [1.807, 2.05) is 0 Å². The Morgan fingerprint density at radius 2 is 2.00 bits per heavy atom. The highest BCUT2D eigenvalue weighted by molar-refractivity contribution is 7.13. The first-order chi connectivity index (χ1) is 9.93. The molecule has 112 valence electrons. The van der Waals surface area contributed by atoms with Crippen LogP contribution >= 0.6 is 11.3 Å². The molecule has 1 unspecified atom stereocenters. The van der Waals surface area contributed by atoms with Gasteiger partial charge >= 0.3 is 6.18 Å². The minimum Gasteiger partial charge on any atom is -0.366 e. The Hall–Kier alpha value is -1.73. The number of nitrogens with zero attached hydrogens (tertiary/aromatic N) is 1. The molecule has 0 fully saturated rings. The van der Waals surface area contributed by atoms with Crippen molar-refractivity contribution in [2.75, 3.05) is 6.61 Å². The SMILES string of the molecule is CCOC(C(=O)c1cnc(C(F)(F)F)s1)c1ccccc1. The van der Waals surface area contributed by atoms with Crippen LogP contribution in [0.3, 0.4) is 0 Å². The van der Waals surface area contributed by atoms with Crippen molar-refractivity contribution in [3.8, 4) is 0 Å². The molecule has 0 radical (unpaired) electrons. The summed E-state index contributed by atoms with van der Waals surface area (Å²) in [5, 5.41) is -1.03. The van der Waals surface area contributed by atoms with Crippen molar-refractivity contribution in [2.45, 2.75) is 19.2 Å². The number of benzene rings is 1. The smallest absolute Gasteiger partial charge is 0.366 e. The van der Waals surface area contributed by atoms with Crippen LogP contribution in [0.4, 0.5) is 13.2 Å². The number of halogens is 3. The van der Waals surface area contributed by atoms with E-state index in [1.54, 1.807) is 37.3 Å². The van der Waals surface area contributed by atoms with Crippen LogP contribution < -0.4 is 0 Å². The summed E-state index contributed by atoms with van der Waals surface area (Å²) >= 11 is 0.331. The topological polar surface area (TPSA) is 39.2 Å². The highest BCUT2D eigenvalue weighted by atomic mass is 32.1. The third kappa shape index (κ3) is 3.68. The maximum atomic E-state index is 12.5. The second kappa shape index (κ2) is 6.36. The number of alkyl halides is 3. The van der Waals surface area contributed by atoms with E-state index in [0.717, 1.165) is 6.20 Å². The molecule has 2 rings (SSSR count). The number of thiazole rings is 1. The summed E-state index contributed by atoms with van der Waals surface area (Å²) in [5.41, 5.74) is 0.603. The van der Waals surface area contributed by atoms with Gasteiger partial charge in [0.25, 0.3) is 0 Å². The van der Waals surface area contributed by atoms with Crippen LogP contribution in [-0.2, 0) is 10.9 Å². The lowest BCUT2D eigenvalue weighted by atomic mass is 10.0. The summed E-state index contributed by atoms with van der Waals surface area (Å²) in [5.74, 6) is -0.518. The first-order valence-electron chi connectivity index (χ1n) is 6.17. The zero-order chi connectivity index (χ0) is 15.5. The van der Waals surface area contributed by atoms with Gasteiger partial charge in [-0.3, -0.25) is 4.79 Å². The minimum atomic E-state index is -4.54. The molecule has 0 amide bonds.